The molecule has 1 heterocycles. The van der Waals surface area contributed by atoms with E-state index in [1.54, 1.807) is 13.8 Å². The first-order valence-electron chi connectivity index (χ1n) is 13.2. The van der Waals surface area contributed by atoms with Crippen LogP contribution < -0.4 is 5.32 Å². The molecule has 0 aliphatic carbocycles. The van der Waals surface area contributed by atoms with Crippen molar-refractivity contribution in [2.45, 2.75) is 88.5 Å². The Morgan fingerprint density at radius 1 is 1.20 bits per heavy atom. The van der Waals surface area contributed by atoms with Crippen LogP contribution >= 0.6 is 23.2 Å². The van der Waals surface area contributed by atoms with Crippen LogP contribution in [-0.4, -0.2) is 51.5 Å². The van der Waals surface area contributed by atoms with E-state index in [0.29, 0.717) is 0 Å². The Morgan fingerprint density at radius 3 is 2.45 bits per heavy atom. The van der Waals surface area contributed by atoms with E-state index < -0.39 is 52.2 Å². The number of aliphatic hydroxyl groups excluding tert-OH is 2. The maximum absolute atomic E-state index is 15.7. The van der Waals surface area contributed by atoms with Gasteiger partial charge in [0.25, 0.3) is 0 Å². The quantitative estimate of drug-likeness (QED) is 0.275. The van der Waals surface area contributed by atoms with Crippen LogP contribution in [0.25, 0.3) is 0 Å². The number of ketones is 1. The number of aliphatic hydroxyl groups is 3. The number of carbonyl (C=O) groups is 1. The molecule has 3 rings (SSSR count). The summed E-state index contributed by atoms with van der Waals surface area (Å²) in [7, 11) is 0. The standard InChI is InChI=1S/C30H36Cl2F2N2O4/c1-28(2,16-37)14-23-30(15-35,19-12-11-17(31)13-21(19)33)25(18-7-5-8-20(32)26(18)34)27(36-23)22(38)9-6-10-24(39)29(3,4)40/h5,7-8,11-13,23-25,27,36-37,39-40H,6,9-10,14,16H2,1-4H3/t23-,24-,25-,27-,30-/m0/s1. The van der Waals surface area contributed by atoms with Crippen LogP contribution in [0, 0.1) is 28.4 Å². The van der Waals surface area contributed by atoms with Gasteiger partial charge in [-0.3, -0.25) is 4.79 Å². The minimum Gasteiger partial charge on any atom is -0.396 e. The molecule has 1 aliphatic rings. The van der Waals surface area contributed by atoms with Crippen LogP contribution in [0.2, 0.25) is 10.0 Å². The molecule has 0 amide bonds. The largest absolute Gasteiger partial charge is 0.396 e. The normalized spacial score (nSPS) is 24.1. The van der Waals surface area contributed by atoms with Crippen LogP contribution in [0.15, 0.2) is 36.4 Å². The van der Waals surface area contributed by atoms with Crippen molar-refractivity contribution in [2.24, 2.45) is 5.41 Å². The SMILES string of the molecule is CC(C)(CO)C[C@@H]1N[C@@H](C(=O)CCC[C@H](O)C(C)(C)O)[C@H](c2cccc(Cl)c2F)[C@@]1(C#N)c1ccc(Cl)cc1F. The average Bonchev–Trinajstić information content (AvgIpc) is 3.18. The monoisotopic (exact) mass is 596 g/mol. The maximum Gasteiger partial charge on any atom is 0.150 e. The minimum absolute atomic E-state index is 0.0184. The molecule has 218 valence electrons. The summed E-state index contributed by atoms with van der Waals surface area (Å²) < 4.78 is 31.3. The van der Waals surface area contributed by atoms with Crippen molar-refractivity contribution in [1.29, 1.82) is 5.26 Å². The lowest BCUT2D eigenvalue weighted by Crippen LogP contribution is -2.45. The Kier molecular flexibility index (Phi) is 10.0. The van der Waals surface area contributed by atoms with Crippen molar-refractivity contribution in [3.8, 4) is 6.07 Å². The van der Waals surface area contributed by atoms with Crippen molar-refractivity contribution in [3.63, 3.8) is 0 Å². The Labute approximate surface area is 243 Å². The van der Waals surface area contributed by atoms with E-state index in [0.717, 1.165) is 6.07 Å². The topological polar surface area (TPSA) is 114 Å². The molecule has 0 radical (unpaired) electrons. The fourth-order valence-electron chi connectivity index (χ4n) is 5.59. The third kappa shape index (κ3) is 6.51. The van der Waals surface area contributed by atoms with Gasteiger partial charge in [-0.05, 0) is 62.3 Å². The van der Waals surface area contributed by atoms with Gasteiger partial charge in [0.15, 0.2) is 0 Å². The van der Waals surface area contributed by atoms with E-state index in [1.165, 1.54) is 44.2 Å². The van der Waals surface area contributed by atoms with Crippen LogP contribution in [0.5, 0.6) is 0 Å². The van der Waals surface area contributed by atoms with Crippen molar-refractivity contribution in [1.82, 2.24) is 5.32 Å². The molecule has 1 aliphatic heterocycles. The van der Waals surface area contributed by atoms with E-state index >= 15 is 8.78 Å². The second-order valence-electron chi connectivity index (χ2n) is 12.0. The molecule has 10 heteroatoms. The van der Waals surface area contributed by atoms with Crippen LogP contribution in [0.3, 0.4) is 0 Å². The predicted molar refractivity (Wildman–Crippen MR) is 150 cm³/mol. The highest BCUT2D eigenvalue weighted by Gasteiger charge is 2.61. The van der Waals surface area contributed by atoms with Gasteiger partial charge in [0, 0.05) is 35.6 Å². The molecule has 0 bridgehead atoms. The smallest absolute Gasteiger partial charge is 0.150 e. The second-order valence-corrected chi connectivity index (χ2v) is 12.8. The number of hydrogen-bond acceptors (Lipinski definition) is 6. The molecular weight excluding hydrogens is 561 g/mol. The van der Waals surface area contributed by atoms with Crippen LogP contribution in [-0.2, 0) is 10.2 Å². The van der Waals surface area contributed by atoms with Crippen LogP contribution in [0.1, 0.15) is 70.4 Å². The Hall–Kier alpha value is -2.12. The number of benzene rings is 2. The highest BCUT2D eigenvalue weighted by atomic mass is 35.5. The van der Waals surface area contributed by atoms with Gasteiger partial charge in [-0.15, -0.1) is 0 Å². The molecule has 40 heavy (non-hydrogen) atoms. The highest BCUT2D eigenvalue weighted by molar-refractivity contribution is 6.31. The number of Topliss-reactive ketones (excluding diaryl/α,β-unsaturated/α-hetero) is 1. The van der Waals surface area contributed by atoms with Gasteiger partial charge in [0.2, 0.25) is 0 Å². The summed E-state index contributed by atoms with van der Waals surface area (Å²) in [6, 6.07) is 8.44. The third-order valence-electron chi connectivity index (χ3n) is 7.88. The first-order chi connectivity index (χ1) is 18.6. The molecule has 1 saturated heterocycles. The Morgan fingerprint density at radius 2 is 1.88 bits per heavy atom. The summed E-state index contributed by atoms with van der Waals surface area (Å²) in [4.78, 5) is 13.8. The summed E-state index contributed by atoms with van der Waals surface area (Å²) >= 11 is 12.2. The van der Waals surface area contributed by atoms with Gasteiger partial charge in [0.05, 0.1) is 28.8 Å². The molecule has 1 fully saturated rings. The molecule has 2 aromatic rings. The zero-order valence-corrected chi connectivity index (χ0v) is 24.5. The Balaban J connectivity index is 2.20. The molecule has 0 saturated carbocycles. The summed E-state index contributed by atoms with van der Waals surface area (Å²) in [6.07, 6.45) is -0.621. The highest BCUT2D eigenvalue weighted by Crippen LogP contribution is 2.53. The Bertz CT molecular complexity index is 1280. The maximum atomic E-state index is 15.7. The lowest BCUT2D eigenvalue weighted by Gasteiger charge is -2.38. The minimum atomic E-state index is -1.79. The number of carbonyl (C=O) groups excluding carboxylic acids is 1. The fraction of sp³-hybridized carbons (Fsp3) is 0.533. The van der Waals surface area contributed by atoms with Crippen molar-refractivity contribution in [3.05, 3.63) is 69.2 Å². The fourth-order valence-corrected chi connectivity index (χ4v) is 5.93. The molecule has 4 N–H and O–H groups in total. The van der Waals surface area contributed by atoms with Gasteiger partial charge in [-0.25, -0.2) is 8.78 Å². The summed E-state index contributed by atoms with van der Waals surface area (Å²) in [5.74, 6) is -3.16. The third-order valence-corrected chi connectivity index (χ3v) is 8.41. The zero-order chi connectivity index (χ0) is 30.0. The summed E-state index contributed by atoms with van der Waals surface area (Å²) in [5, 5.41) is 44.3. The van der Waals surface area contributed by atoms with Gasteiger partial charge in [0.1, 0.15) is 22.8 Å². The number of rotatable bonds is 11. The second kappa shape index (κ2) is 12.4. The number of nitriles is 1. The molecule has 5 atom stereocenters. The van der Waals surface area contributed by atoms with Crippen molar-refractivity contribution in [2.75, 3.05) is 6.61 Å². The molecule has 2 aromatic carbocycles. The first-order valence-corrected chi connectivity index (χ1v) is 14.0. The molecule has 0 spiro atoms. The van der Waals surface area contributed by atoms with E-state index in [-0.39, 0.29) is 59.2 Å². The lowest BCUT2D eigenvalue weighted by molar-refractivity contribution is -0.121. The molecule has 6 nitrogen and oxygen atoms in total. The zero-order valence-electron chi connectivity index (χ0n) is 23.0. The number of nitrogens with one attached hydrogen (secondary N) is 1. The first kappa shape index (κ1) is 32.4. The number of nitrogens with zero attached hydrogens (tertiary/aromatic N) is 1. The predicted octanol–water partition coefficient (Wildman–Crippen LogP) is 5.44. The van der Waals surface area contributed by atoms with Crippen LogP contribution in [0.4, 0.5) is 8.78 Å². The van der Waals surface area contributed by atoms with Gasteiger partial charge >= 0.3 is 0 Å². The van der Waals surface area contributed by atoms with E-state index in [9.17, 15) is 25.4 Å². The van der Waals surface area contributed by atoms with E-state index in [1.807, 2.05) is 0 Å². The average molecular weight is 598 g/mol. The summed E-state index contributed by atoms with van der Waals surface area (Å²) in [6.45, 7) is 6.23. The van der Waals surface area contributed by atoms with Crippen molar-refractivity contribution >= 4 is 29.0 Å². The van der Waals surface area contributed by atoms with Crippen molar-refractivity contribution < 1.29 is 28.9 Å². The molecule has 0 unspecified atom stereocenters. The molecule has 0 aromatic heterocycles. The number of hydrogen-bond donors (Lipinski definition) is 4. The molecular formula is C30H36Cl2F2N2O4. The lowest BCUT2D eigenvalue weighted by atomic mass is 9.62. The van der Waals surface area contributed by atoms with Gasteiger partial charge in [-0.2, -0.15) is 5.26 Å². The van der Waals surface area contributed by atoms with E-state index in [2.05, 4.69) is 11.4 Å². The van der Waals surface area contributed by atoms with E-state index in [4.69, 9.17) is 23.2 Å². The summed E-state index contributed by atoms with van der Waals surface area (Å²) in [5.41, 5.74) is -3.96. The van der Waals surface area contributed by atoms with Gasteiger partial charge in [-0.1, -0.05) is 55.2 Å². The van der Waals surface area contributed by atoms with Gasteiger partial charge < -0.3 is 20.6 Å². The number of halogens is 4.